The Hall–Kier alpha value is -2.70. The van der Waals surface area contributed by atoms with Gasteiger partial charge < -0.3 is 15.3 Å². The van der Waals surface area contributed by atoms with Gasteiger partial charge in [-0.1, -0.05) is 38.1 Å². The summed E-state index contributed by atoms with van der Waals surface area (Å²) in [6.07, 6.45) is -3.36. The number of amides is 1. The van der Waals surface area contributed by atoms with E-state index in [1.54, 1.807) is 0 Å². The number of fused-ring (bicyclic) bond motifs is 1. The zero-order valence-electron chi connectivity index (χ0n) is 21.0. The lowest BCUT2D eigenvalue weighted by molar-refractivity contribution is -0.190. The van der Waals surface area contributed by atoms with Crippen molar-refractivity contribution >= 4 is 21.6 Å². The Morgan fingerprint density at radius 3 is 2.49 bits per heavy atom. The molecule has 0 spiro atoms. The molecule has 2 heterocycles. The molecular weight excluding hydrogens is 509 g/mol. The van der Waals surface area contributed by atoms with Crippen LogP contribution in [0.15, 0.2) is 42.6 Å². The second kappa shape index (κ2) is 9.55. The van der Waals surface area contributed by atoms with E-state index in [0.717, 1.165) is 24.0 Å². The first-order valence-corrected chi connectivity index (χ1v) is 13.7. The normalized spacial score (nSPS) is 24.5. The van der Waals surface area contributed by atoms with Gasteiger partial charge in [0.25, 0.3) is 0 Å². The quantitative estimate of drug-likeness (QED) is 0.584. The van der Waals surface area contributed by atoms with Crippen LogP contribution in [0, 0.1) is 0 Å². The average Bonchev–Trinajstić information content (AvgIpc) is 3.31. The van der Waals surface area contributed by atoms with Gasteiger partial charge in [-0.05, 0) is 29.7 Å². The number of hydrogen-bond donors (Lipinski definition) is 2. The summed E-state index contributed by atoms with van der Waals surface area (Å²) in [5.41, 5.74) is 2.38. The minimum absolute atomic E-state index is 0.0102. The molecule has 1 aromatic heterocycles. The van der Waals surface area contributed by atoms with Crippen molar-refractivity contribution < 1.29 is 31.5 Å². The molecule has 1 aliphatic heterocycles. The number of alkyl halides is 3. The average molecular weight is 541 g/mol. The fraction of sp³-hybridized carbons (Fsp3) is 0.520. The number of β-amino-alcohol motifs (C(OH)–C–C–N with tert-alkyl or cyclic N) is 1. The first kappa shape index (κ1) is 27.3. The third-order valence-corrected chi connectivity index (χ3v) is 8.66. The summed E-state index contributed by atoms with van der Waals surface area (Å²) < 4.78 is 67.3. The molecule has 2 N–H and O–H groups in total. The number of aliphatic hydroxyl groups excluding tert-OH is 1. The van der Waals surface area contributed by atoms with Gasteiger partial charge in [-0.25, -0.2) is 8.42 Å². The van der Waals surface area contributed by atoms with Crippen molar-refractivity contribution in [3.8, 4) is 0 Å². The maximum atomic E-state index is 14.2. The van der Waals surface area contributed by atoms with Crippen LogP contribution in [0.1, 0.15) is 43.1 Å². The maximum Gasteiger partial charge on any atom is 0.414 e. The standard InChI is InChI=1S/C25H31F3N4O4S/c1-24(2)18-8-6-5-7-15(18)11-21(24)30-16-9-10-19(29-13-16)22(25(26,27)28)31(3)23(34)20-12-17(33)14-32(20)37(4,35)36/h5-10,13,17,20-22,30,33H,11-12,14H2,1-4H3/t17-,20+,21+,22?/m1/s1. The molecule has 12 heteroatoms. The van der Waals surface area contributed by atoms with Crippen molar-refractivity contribution in [3.05, 3.63) is 59.4 Å². The number of pyridine rings is 1. The Bertz CT molecular complexity index is 1270. The molecule has 202 valence electrons. The number of aromatic nitrogens is 1. The number of halogens is 3. The van der Waals surface area contributed by atoms with E-state index in [4.69, 9.17) is 0 Å². The van der Waals surface area contributed by atoms with Crippen molar-refractivity contribution in [2.45, 2.75) is 62.5 Å². The SMILES string of the molecule is CN(C(=O)[C@@H]1C[C@@H](O)CN1S(C)(=O)=O)C(c1ccc(N[C@H]2Cc3ccccc3C2(C)C)cn1)C(F)(F)F. The van der Waals surface area contributed by atoms with Crippen molar-refractivity contribution in [1.29, 1.82) is 0 Å². The Balaban J connectivity index is 1.55. The van der Waals surface area contributed by atoms with E-state index in [1.165, 1.54) is 29.5 Å². The molecule has 4 atom stereocenters. The zero-order chi connectivity index (χ0) is 27.3. The van der Waals surface area contributed by atoms with E-state index >= 15 is 0 Å². The smallest absolute Gasteiger partial charge is 0.392 e. The number of hydrogen-bond acceptors (Lipinski definition) is 6. The van der Waals surface area contributed by atoms with Gasteiger partial charge in [0.2, 0.25) is 15.9 Å². The molecule has 37 heavy (non-hydrogen) atoms. The number of anilines is 1. The number of aliphatic hydroxyl groups is 1. The number of carbonyl (C=O) groups is 1. The highest BCUT2D eigenvalue weighted by Crippen LogP contribution is 2.41. The Morgan fingerprint density at radius 2 is 1.92 bits per heavy atom. The van der Waals surface area contributed by atoms with Crippen LogP contribution in [0.2, 0.25) is 0 Å². The molecule has 0 saturated carbocycles. The highest BCUT2D eigenvalue weighted by Gasteiger charge is 2.50. The van der Waals surface area contributed by atoms with Crippen molar-refractivity contribution in [2.75, 3.05) is 25.2 Å². The van der Waals surface area contributed by atoms with Crippen molar-refractivity contribution in [3.63, 3.8) is 0 Å². The van der Waals surface area contributed by atoms with Gasteiger partial charge in [0, 0.05) is 31.5 Å². The third kappa shape index (κ3) is 5.32. The molecule has 0 bridgehead atoms. The van der Waals surface area contributed by atoms with E-state index in [9.17, 15) is 31.5 Å². The van der Waals surface area contributed by atoms with Gasteiger partial charge in [0.1, 0.15) is 6.04 Å². The largest absolute Gasteiger partial charge is 0.414 e. The summed E-state index contributed by atoms with van der Waals surface area (Å²) in [7, 11) is -2.94. The van der Waals surface area contributed by atoms with Crippen molar-refractivity contribution in [2.24, 2.45) is 0 Å². The van der Waals surface area contributed by atoms with Crippen LogP contribution >= 0.6 is 0 Å². The summed E-state index contributed by atoms with van der Waals surface area (Å²) in [6.45, 7) is 3.87. The Labute approximate surface area is 214 Å². The van der Waals surface area contributed by atoms with Gasteiger partial charge in [0.15, 0.2) is 6.04 Å². The van der Waals surface area contributed by atoms with Crippen LogP contribution in [0.5, 0.6) is 0 Å². The fourth-order valence-corrected chi connectivity index (χ4v) is 6.48. The van der Waals surface area contributed by atoms with E-state index in [-0.39, 0.29) is 24.4 Å². The van der Waals surface area contributed by atoms with E-state index in [0.29, 0.717) is 10.6 Å². The molecule has 1 unspecified atom stereocenters. The van der Waals surface area contributed by atoms with Crippen LogP contribution < -0.4 is 5.32 Å². The van der Waals surface area contributed by atoms with Gasteiger partial charge in [-0.15, -0.1) is 0 Å². The second-order valence-electron chi connectivity index (χ2n) is 10.4. The monoisotopic (exact) mass is 540 g/mol. The molecule has 1 aliphatic carbocycles. The van der Waals surface area contributed by atoms with Gasteiger partial charge >= 0.3 is 6.18 Å². The number of nitrogens with one attached hydrogen (secondary N) is 1. The zero-order valence-corrected chi connectivity index (χ0v) is 21.8. The highest BCUT2D eigenvalue weighted by molar-refractivity contribution is 7.88. The molecule has 1 saturated heterocycles. The fourth-order valence-electron chi connectivity index (χ4n) is 5.40. The van der Waals surface area contributed by atoms with E-state index in [2.05, 4.69) is 36.3 Å². The van der Waals surface area contributed by atoms with Crippen LogP contribution in [0.3, 0.4) is 0 Å². The van der Waals surface area contributed by atoms with Gasteiger partial charge in [-0.3, -0.25) is 9.78 Å². The first-order chi connectivity index (χ1) is 17.1. The number of likely N-dealkylation sites (N-methyl/N-ethyl adjacent to an activating group) is 1. The highest BCUT2D eigenvalue weighted by atomic mass is 32.2. The van der Waals surface area contributed by atoms with E-state index < -0.39 is 46.0 Å². The third-order valence-electron chi connectivity index (χ3n) is 7.40. The number of benzene rings is 1. The van der Waals surface area contributed by atoms with Gasteiger partial charge in [-0.2, -0.15) is 17.5 Å². The molecule has 2 aliphatic rings. The van der Waals surface area contributed by atoms with Gasteiger partial charge in [0.05, 0.1) is 29.9 Å². The Kier molecular flexibility index (Phi) is 7.06. The van der Waals surface area contributed by atoms with E-state index in [1.807, 2.05) is 12.1 Å². The molecule has 1 amide bonds. The molecule has 1 aromatic carbocycles. The molecule has 8 nitrogen and oxygen atoms in total. The summed E-state index contributed by atoms with van der Waals surface area (Å²) >= 11 is 0. The minimum Gasteiger partial charge on any atom is -0.392 e. The second-order valence-corrected chi connectivity index (χ2v) is 12.3. The lowest BCUT2D eigenvalue weighted by atomic mass is 9.83. The molecular formula is C25H31F3N4O4S. The van der Waals surface area contributed by atoms with Crippen LogP contribution in [0.4, 0.5) is 18.9 Å². The summed E-state index contributed by atoms with van der Waals surface area (Å²) in [4.78, 5) is 17.6. The van der Waals surface area contributed by atoms with Crippen LogP contribution in [-0.2, 0) is 26.7 Å². The summed E-state index contributed by atoms with van der Waals surface area (Å²) in [6, 6.07) is 7.02. The predicted octanol–water partition coefficient (Wildman–Crippen LogP) is 2.85. The number of nitrogens with zero attached hydrogens (tertiary/aromatic N) is 3. The minimum atomic E-state index is -4.87. The van der Waals surface area contributed by atoms with Crippen LogP contribution in [-0.4, -0.2) is 77.8 Å². The maximum absolute atomic E-state index is 14.2. The van der Waals surface area contributed by atoms with Crippen LogP contribution in [0.25, 0.3) is 0 Å². The summed E-state index contributed by atoms with van der Waals surface area (Å²) in [5.74, 6) is -1.06. The lowest BCUT2D eigenvalue weighted by Gasteiger charge is -2.33. The molecule has 0 radical (unpaired) electrons. The van der Waals surface area contributed by atoms with Crippen molar-refractivity contribution in [1.82, 2.24) is 14.2 Å². The molecule has 4 rings (SSSR count). The Morgan fingerprint density at radius 1 is 1.24 bits per heavy atom. The topological polar surface area (TPSA) is 103 Å². The predicted molar refractivity (Wildman–Crippen MR) is 132 cm³/mol. The first-order valence-electron chi connectivity index (χ1n) is 11.9. The number of sulfonamides is 1. The number of carbonyl (C=O) groups excluding carboxylic acids is 1. The molecule has 2 aromatic rings. The lowest BCUT2D eigenvalue weighted by Crippen LogP contribution is -2.49. The molecule has 1 fully saturated rings. The number of rotatable bonds is 6. The summed E-state index contributed by atoms with van der Waals surface area (Å²) in [5, 5.41) is 13.3.